The minimum absolute atomic E-state index is 0.184. The van der Waals surface area contributed by atoms with E-state index in [1.54, 1.807) is 7.11 Å². The lowest BCUT2D eigenvalue weighted by Gasteiger charge is -2.28. The number of hydrogen-bond acceptors (Lipinski definition) is 4. The predicted molar refractivity (Wildman–Crippen MR) is 115 cm³/mol. The van der Waals surface area contributed by atoms with E-state index in [9.17, 15) is 9.59 Å². The number of anilines is 2. The first kappa shape index (κ1) is 20.7. The third kappa shape index (κ3) is 6.52. The minimum Gasteiger partial charge on any atom is -0.497 e. The molecule has 154 valence electrons. The standard InChI is InChI=1S/C23H29N3O3/c1-29-21-11-5-18(6-12-21)13-14-24-22(27)17-23(28)25-19-7-9-20(10-8-19)26-15-3-2-4-16-26/h5-12H,2-4,13-17H2,1H3,(H,24,27)(H,25,28). The van der Waals surface area contributed by atoms with Crippen molar-refractivity contribution in [2.24, 2.45) is 0 Å². The zero-order valence-corrected chi connectivity index (χ0v) is 16.9. The summed E-state index contributed by atoms with van der Waals surface area (Å²) >= 11 is 0. The van der Waals surface area contributed by atoms with E-state index in [1.807, 2.05) is 48.5 Å². The van der Waals surface area contributed by atoms with Crippen molar-refractivity contribution < 1.29 is 14.3 Å². The van der Waals surface area contributed by atoms with Crippen LogP contribution in [0.5, 0.6) is 5.75 Å². The first-order valence-corrected chi connectivity index (χ1v) is 10.2. The lowest BCUT2D eigenvalue weighted by molar-refractivity contribution is -0.126. The molecule has 0 unspecified atom stereocenters. The van der Waals surface area contributed by atoms with E-state index in [2.05, 4.69) is 15.5 Å². The Morgan fingerprint density at radius 1 is 0.931 bits per heavy atom. The monoisotopic (exact) mass is 395 g/mol. The van der Waals surface area contributed by atoms with Crippen LogP contribution in [0.2, 0.25) is 0 Å². The molecular formula is C23H29N3O3. The second-order valence-electron chi connectivity index (χ2n) is 7.27. The Bertz CT molecular complexity index is 797. The van der Waals surface area contributed by atoms with Gasteiger partial charge in [-0.2, -0.15) is 0 Å². The summed E-state index contributed by atoms with van der Waals surface area (Å²) in [6, 6.07) is 15.5. The molecule has 0 aromatic heterocycles. The van der Waals surface area contributed by atoms with Gasteiger partial charge in [-0.1, -0.05) is 12.1 Å². The van der Waals surface area contributed by atoms with E-state index < -0.39 is 0 Å². The highest BCUT2D eigenvalue weighted by molar-refractivity contribution is 6.03. The smallest absolute Gasteiger partial charge is 0.233 e. The summed E-state index contributed by atoms with van der Waals surface area (Å²) in [7, 11) is 1.63. The van der Waals surface area contributed by atoms with Gasteiger partial charge in [-0.05, 0) is 67.6 Å². The van der Waals surface area contributed by atoms with Crippen molar-refractivity contribution in [1.82, 2.24) is 5.32 Å². The number of carbonyl (C=O) groups is 2. The molecule has 2 aromatic rings. The van der Waals surface area contributed by atoms with Crippen LogP contribution in [0.3, 0.4) is 0 Å². The molecule has 3 rings (SSSR count). The normalized spacial score (nSPS) is 13.6. The summed E-state index contributed by atoms with van der Waals surface area (Å²) in [4.78, 5) is 26.5. The highest BCUT2D eigenvalue weighted by atomic mass is 16.5. The Hall–Kier alpha value is -3.02. The Kier molecular flexibility index (Phi) is 7.50. The summed E-state index contributed by atoms with van der Waals surface area (Å²) in [5.41, 5.74) is 2.99. The molecule has 0 spiro atoms. The molecule has 6 heteroatoms. The third-order valence-corrected chi connectivity index (χ3v) is 5.09. The fourth-order valence-electron chi connectivity index (χ4n) is 3.46. The largest absolute Gasteiger partial charge is 0.497 e. The molecule has 1 aliphatic rings. The molecule has 0 saturated carbocycles. The third-order valence-electron chi connectivity index (χ3n) is 5.09. The van der Waals surface area contributed by atoms with E-state index in [0.717, 1.165) is 24.4 Å². The van der Waals surface area contributed by atoms with Crippen molar-refractivity contribution in [1.29, 1.82) is 0 Å². The van der Waals surface area contributed by atoms with E-state index in [4.69, 9.17) is 4.74 Å². The maximum atomic E-state index is 12.1. The van der Waals surface area contributed by atoms with Gasteiger partial charge in [-0.25, -0.2) is 0 Å². The molecule has 2 aromatic carbocycles. The number of hydrogen-bond donors (Lipinski definition) is 2. The number of rotatable bonds is 8. The number of methoxy groups -OCH3 is 1. The molecule has 0 bridgehead atoms. The van der Waals surface area contributed by atoms with Gasteiger partial charge in [0.1, 0.15) is 12.2 Å². The van der Waals surface area contributed by atoms with Gasteiger partial charge in [0.25, 0.3) is 0 Å². The Morgan fingerprint density at radius 3 is 2.28 bits per heavy atom. The Labute approximate surface area is 172 Å². The van der Waals surface area contributed by atoms with Crippen LogP contribution in [0.1, 0.15) is 31.2 Å². The van der Waals surface area contributed by atoms with Crippen LogP contribution in [-0.4, -0.2) is 38.6 Å². The predicted octanol–water partition coefficient (Wildman–Crippen LogP) is 3.37. The van der Waals surface area contributed by atoms with Crippen LogP contribution >= 0.6 is 0 Å². The van der Waals surface area contributed by atoms with Gasteiger partial charge in [0.2, 0.25) is 11.8 Å². The summed E-state index contributed by atoms with van der Waals surface area (Å²) < 4.78 is 5.13. The SMILES string of the molecule is COc1ccc(CCNC(=O)CC(=O)Nc2ccc(N3CCCCC3)cc2)cc1. The number of ether oxygens (including phenoxy) is 1. The molecule has 0 atom stereocenters. The molecule has 2 amide bonds. The van der Waals surface area contributed by atoms with E-state index in [-0.39, 0.29) is 18.2 Å². The average molecular weight is 396 g/mol. The quantitative estimate of drug-likeness (QED) is 0.673. The maximum Gasteiger partial charge on any atom is 0.233 e. The second-order valence-corrected chi connectivity index (χ2v) is 7.27. The van der Waals surface area contributed by atoms with Gasteiger partial charge in [-0.15, -0.1) is 0 Å². The fraction of sp³-hybridized carbons (Fsp3) is 0.391. The van der Waals surface area contributed by atoms with Crippen LogP contribution in [0.25, 0.3) is 0 Å². The molecule has 29 heavy (non-hydrogen) atoms. The zero-order valence-electron chi connectivity index (χ0n) is 16.9. The summed E-state index contributed by atoms with van der Waals surface area (Å²) in [6.45, 7) is 2.66. The van der Waals surface area contributed by atoms with Gasteiger partial charge in [0.05, 0.1) is 7.11 Å². The highest BCUT2D eigenvalue weighted by Gasteiger charge is 2.12. The highest BCUT2D eigenvalue weighted by Crippen LogP contribution is 2.21. The second kappa shape index (κ2) is 10.5. The summed E-state index contributed by atoms with van der Waals surface area (Å²) in [5, 5.41) is 5.58. The number of benzene rings is 2. The molecule has 6 nitrogen and oxygen atoms in total. The zero-order chi connectivity index (χ0) is 20.5. The van der Waals surface area contributed by atoms with Crippen LogP contribution in [0, 0.1) is 0 Å². The van der Waals surface area contributed by atoms with Crippen LogP contribution in [0.15, 0.2) is 48.5 Å². The Balaban J connectivity index is 1.38. The van der Waals surface area contributed by atoms with E-state index in [1.165, 1.54) is 24.9 Å². The Morgan fingerprint density at radius 2 is 1.62 bits per heavy atom. The van der Waals surface area contributed by atoms with Crippen molar-refractivity contribution in [3.05, 3.63) is 54.1 Å². The first-order valence-electron chi connectivity index (χ1n) is 10.2. The fourth-order valence-corrected chi connectivity index (χ4v) is 3.46. The summed E-state index contributed by atoms with van der Waals surface area (Å²) in [5.74, 6) is 0.219. The first-order chi connectivity index (χ1) is 14.1. The lowest BCUT2D eigenvalue weighted by atomic mass is 10.1. The minimum atomic E-state index is -0.308. The van der Waals surface area contributed by atoms with Gasteiger partial charge < -0.3 is 20.3 Å². The number of piperidine rings is 1. The van der Waals surface area contributed by atoms with Gasteiger partial charge in [-0.3, -0.25) is 9.59 Å². The summed E-state index contributed by atoms with van der Waals surface area (Å²) in [6.07, 6.45) is 4.27. The number of nitrogens with one attached hydrogen (secondary N) is 2. The van der Waals surface area contributed by atoms with Gasteiger partial charge >= 0.3 is 0 Å². The molecule has 0 radical (unpaired) electrons. The molecule has 1 fully saturated rings. The molecule has 2 N–H and O–H groups in total. The van der Waals surface area contributed by atoms with E-state index >= 15 is 0 Å². The molecule has 0 aliphatic carbocycles. The van der Waals surface area contributed by atoms with Crippen LogP contribution in [0.4, 0.5) is 11.4 Å². The molecule has 1 aliphatic heterocycles. The average Bonchev–Trinajstić information content (AvgIpc) is 2.75. The van der Waals surface area contributed by atoms with Crippen molar-refractivity contribution in [2.75, 3.05) is 37.0 Å². The number of carbonyl (C=O) groups excluding carboxylic acids is 2. The van der Waals surface area contributed by atoms with Gasteiger partial charge in [0.15, 0.2) is 0 Å². The topological polar surface area (TPSA) is 70.7 Å². The van der Waals surface area contributed by atoms with Crippen molar-refractivity contribution in [3.63, 3.8) is 0 Å². The number of amides is 2. The van der Waals surface area contributed by atoms with Gasteiger partial charge in [0, 0.05) is 31.0 Å². The molecule has 1 heterocycles. The van der Waals surface area contributed by atoms with Crippen molar-refractivity contribution in [2.45, 2.75) is 32.1 Å². The van der Waals surface area contributed by atoms with Crippen molar-refractivity contribution >= 4 is 23.2 Å². The molecular weight excluding hydrogens is 366 g/mol. The van der Waals surface area contributed by atoms with Crippen molar-refractivity contribution in [3.8, 4) is 5.75 Å². The maximum absolute atomic E-state index is 12.1. The van der Waals surface area contributed by atoms with Crippen LogP contribution < -0.4 is 20.3 Å². The van der Waals surface area contributed by atoms with Crippen LogP contribution in [-0.2, 0) is 16.0 Å². The molecule has 1 saturated heterocycles. The number of nitrogens with zero attached hydrogens (tertiary/aromatic N) is 1. The van der Waals surface area contributed by atoms with E-state index in [0.29, 0.717) is 18.7 Å². The lowest BCUT2D eigenvalue weighted by Crippen LogP contribution is -2.30.